The predicted molar refractivity (Wildman–Crippen MR) is 128 cm³/mol. The third-order valence-corrected chi connectivity index (χ3v) is 6.73. The molecule has 3 N–H and O–H groups in total. The second-order valence-electron chi connectivity index (χ2n) is 8.95. The number of pyridine rings is 1. The molecular weight excluding hydrogens is 450 g/mol. The molecule has 0 radical (unpaired) electrons. The van der Waals surface area contributed by atoms with E-state index in [4.69, 9.17) is 14.5 Å². The van der Waals surface area contributed by atoms with Gasteiger partial charge < -0.3 is 29.8 Å². The van der Waals surface area contributed by atoms with Crippen LogP contribution in [0.5, 0.6) is 0 Å². The maximum Gasteiger partial charge on any atom is 0.257 e. The molecule has 3 atom stereocenters. The normalized spacial score (nSPS) is 22.6. The number of hydrogen-bond donors (Lipinski definition) is 3. The molecule has 0 aliphatic carbocycles. The van der Waals surface area contributed by atoms with Gasteiger partial charge in [-0.1, -0.05) is 0 Å². The van der Waals surface area contributed by atoms with Crippen molar-refractivity contribution in [2.45, 2.75) is 31.0 Å². The van der Waals surface area contributed by atoms with Gasteiger partial charge >= 0.3 is 0 Å². The highest BCUT2D eigenvalue weighted by molar-refractivity contribution is 6.01. The first kappa shape index (κ1) is 22.0. The molecule has 182 valence electrons. The Balaban J connectivity index is 1.45. The zero-order valence-corrected chi connectivity index (χ0v) is 19.3. The van der Waals surface area contributed by atoms with Crippen molar-refractivity contribution in [2.75, 3.05) is 38.8 Å². The van der Waals surface area contributed by atoms with Gasteiger partial charge in [-0.3, -0.25) is 4.79 Å². The van der Waals surface area contributed by atoms with Crippen molar-refractivity contribution in [1.82, 2.24) is 29.5 Å². The molecule has 35 heavy (non-hydrogen) atoms. The fraction of sp³-hybridized carbons (Fsp3) is 0.417. The van der Waals surface area contributed by atoms with Crippen LogP contribution in [0.1, 0.15) is 29.2 Å². The molecule has 1 amide bonds. The number of aliphatic hydroxyl groups excluding tert-OH is 1. The van der Waals surface area contributed by atoms with Crippen molar-refractivity contribution in [1.29, 1.82) is 0 Å². The average molecular weight is 478 g/mol. The van der Waals surface area contributed by atoms with Crippen LogP contribution in [0.15, 0.2) is 36.8 Å². The van der Waals surface area contributed by atoms with E-state index >= 15 is 0 Å². The molecule has 0 spiro atoms. The maximum atomic E-state index is 13.1. The van der Waals surface area contributed by atoms with Crippen LogP contribution in [0.4, 0.5) is 5.82 Å². The highest BCUT2D eigenvalue weighted by atomic mass is 16.5. The number of nitrogens with zero attached hydrogens (tertiary/aromatic N) is 5. The molecule has 11 nitrogen and oxygen atoms in total. The highest BCUT2D eigenvalue weighted by Crippen LogP contribution is 2.34. The lowest BCUT2D eigenvalue weighted by molar-refractivity contribution is 0.0605. The lowest BCUT2D eigenvalue weighted by Crippen LogP contribution is -2.42. The number of amides is 1. The Labute approximate surface area is 201 Å². The minimum Gasteiger partial charge on any atom is -0.388 e. The van der Waals surface area contributed by atoms with Crippen molar-refractivity contribution in [3.05, 3.63) is 42.4 Å². The van der Waals surface area contributed by atoms with E-state index in [2.05, 4.69) is 31.5 Å². The smallest absolute Gasteiger partial charge is 0.257 e. The van der Waals surface area contributed by atoms with Crippen LogP contribution < -0.4 is 10.6 Å². The summed E-state index contributed by atoms with van der Waals surface area (Å²) in [5, 5.41) is 21.4. The summed E-state index contributed by atoms with van der Waals surface area (Å²) in [4.78, 5) is 22.6. The molecule has 0 bridgehead atoms. The first-order chi connectivity index (χ1) is 17.1. The Bertz CT molecular complexity index is 1390. The number of fused-ring (bicyclic) bond motifs is 2. The van der Waals surface area contributed by atoms with E-state index in [1.54, 1.807) is 17.8 Å². The van der Waals surface area contributed by atoms with Gasteiger partial charge in [0.25, 0.3) is 5.91 Å². The lowest BCUT2D eigenvalue weighted by Gasteiger charge is -2.24. The number of carbonyl (C=O) groups excluding carboxylic acids is 1. The number of carbonyl (C=O) groups is 1. The molecule has 2 saturated heterocycles. The summed E-state index contributed by atoms with van der Waals surface area (Å²) < 4.78 is 14.8. The van der Waals surface area contributed by atoms with E-state index in [0.29, 0.717) is 29.3 Å². The fourth-order valence-corrected chi connectivity index (χ4v) is 4.87. The number of rotatable bonds is 5. The van der Waals surface area contributed by atoms with Gasteiger partial charge in [0.05, 0.1) is 49.9 Å². The van der Waals surface area contributed by atoms with E-state index in [0.717, 1.165) is 36.0 Å². The van der Waals surface area contributed by atoms with E-state index in [1.807, 2.05) is 18.2 Å². The van der Waals surface area contributed by atoms with Crippen molar-refractivity contribution >= 4 is 28.4 Å². The Hall–Kier alpha value is -3.54. The largest absolute Gasteiger partial charge is 0.388 e. The van der Waals surface area contributed by atoms with Crippen LogP contribution in [0, 0.1) is 0 Å². The van der Waals surface area contributed by atoms with Crippen LogP contribution in [0.25, 0.3) is 27.9 Å². The third-order valence-electron chi connectivity index (χ3n) is 6.73. The summed E-state index contributed by atoms with van der Waals surface area (Å²) in [5.74, 6) is 0.337. The molecule has 4 aromatic rings. The minimum atomic E-state index is -0.737. The molecule has 0 saturated carbocycles. The Morgan fingerprint density at radius 1 is 1.23 bits per heavy atom. The molecule has 2 aliphatic heterocycles. The van der Waals surface area contributed by atoms with Crippen molar-refractivity contribution < 1.29 is 19.4 Å². The van der Waals surface area contributed by atoms with E-state index in [-0.39, 0.29) is 25.2 Å². The van der Waals surface area contributed by atoms with Gasteiger partial charge in [-0.15, -0.1) is 0 Å². The highest BCUT2D eigenvalue weighted by Gasteiger charge is 2.29. The summed E-state index contributed by atoms with van der Waals surface area (Å²) >= 11 is 0. The number of aromatic nitrogens is 5. The summed E-state index contributed by atoms with van der Waals surface area (Å²) in [7, 11) is 1.80. The minimum absolute atomic E-state index is 0.205. The first-order valence-electron chi connectivity index (χ1n) is 11.8. The monoisotopic (exact) mass is 477 g/mol. The van der Waals surface area contributed by atoms with Crippen molar-refractivity contribution in [2.24, 2.45) is 0 Å². The van der Waals surface area contributed by atoms with Crippen LogP contribution in [-0.2, 0) is 9.47 Å². The quantitative estimate of drug-likeness (QED) is 0.396. The van der Waals surface area contributed by atoms with Crippen LogP contribution in [0.3, 0.4) is 0 Å². The van der Waals surface area contributed by atoms with Gasteiger partial charge in [-0.25, -0.2) is 9.97 Å². The summed E-state index contributed by atoms with van der Waals surface area (Å²) in [6.45, 7) is 1.91. The molecule has 6 heterocycles. The zero-order chi connectivity index (χ0) is 23.9. The summed E-state index contributed by atoms with van der Waals surface area (Å²) in [5.41, 5.74) is 3.25. The molecule has 0 aromatic carbocycles. The maximum absolute atomic E-state index is 13.1. The van der Waals surface area contributed by atoms with Crippen molar-refractivity contribution in [3.63, 3.8) is 0 Å². The van der Waals surface area contributed by atoms with E-state index in [9.17, 15) is 9.90 Å². The molecule has 4 aromatic heterocycles. The number of hydrogen-bond acceptors (Lipinski definition) is 8. The number of aliphatic hydroxyl groups is 1. The van der Waals surface area contributed by atoms with Crippen LogP contribution in [-0.4, -0.2) is 80.8 Å². The predicted octanol–water partition coefficient (Wildman–Crippen LogP) is 1.63. The van der Waals surface area contributed by atoms with Gasteiger partial charge in [0.2, 0.25) is 0 Å². The van der Waals surface area contributed by atoms with Gasteiger partial charge in [0.15, 0.2) is 5.65 Å². The Morgan fingerprint density at radius 2 is 2.14 bits per heavy atom. The molecule has 1 unspecified atom stereocenters. The summed E-state index contributed by atoms with van der Waals surface area (Å²) in [6.07, 6.45) is 6.67. The first-order valence-corrected chi connectivity index (χ1v) is 11.8. The van der Waals surface area contributed by atoms with Crippen LogP contribution >= 0.6 is 0 Å². The zero-order valence-electron chi connectivity index (χ0n) is 19.3. The Morgan fingerprint density at radius 3 is 2.91 bits per heavy atom. The third kappa shape index (κ3) is 3.81. The van der Waals surface area contributed by atoms with Gasteiger partial charge in [-0.05, 0) is 25.0 Å². The SMILES string of the molecule is CNc1cc(-c2cn([C@H]3CCCOC3)c3ncccc23)nc2c(C(=O)NC3COC[C@@H]3O)cnn12. The molecule has 2 fully saturated rings. The molecule has 6 rings (SSSR count). The average Bonchev–Trinajstić information content (AvgIpc) is 3.61. The van der Waals surface area contributed by atoms with E-state index < -0.39 is 12.1 Å². The number of anilines is 1. The molecule has 2 aliphatic rings. The second kappa shape index (κ2) is 8.91. The molecular formula is C24H27N7O4. The number of nitrogens with one attached hydrogen (secondary N) is 2. The summed E-state index contributed by atoms with van der Waals surface area (Å²) in [6, 6.07) is 5.61. The molecule has 11 heteroatoms. The number of ether oxygens (including phenoxy) is 2. The van der Waals surface area contributed by atoms with E-state index in [1.165, 1.54) is 6.20 Å². The standard InChI is InChI=1S/C24H27N7O4/c1-25-21-8-18(17-10-30(14-4-3-7-34-11-14)22-15(17)5-2-6-26-22)28-23-16(9-27-31(21)23)24(33)29-19-12-35-13-20(19)32/h2,5-6,8-10,14,19-20,25,32H,3-4,7,11-13H2,1H3,(H,29,33)/t14-,19?,20-/m0/s1. The van der Waals surface area contributed by atoms with Crippen LogP contribution in [0.2, 0.25) is 0 Å². The Kier molecular flexibility index (Phi) is 5.59. The topological polar surface area (TPSA) is 128 Å². The van der Waals surface area contributed by atoms with Gasteiger partial charge in [0.1, 0.15) is 17.0 Å². The second-order valence-corrected chi connectivity index (χ2v) is 8.95. The van der Waals surface area contributed by atoms with Gasteiger partial charge in [-0.2, -0.15) is 9.61 Å². The van der Waals surface area contributed by atoms with Crippen molar-refractivity contribution in [3.8, 4) is 11.3 Å². The van der Waals surface area contributed by atoms with Gasteiger partial charge in [0, 0.05) is 43.1 Å². The lowest BCUT2D eigenvalue weighted by atomic mass is 10.1. The fourth-order valence-electron chi connectivity index (χ4n) is 4.87.